The molecule has 0 spiro atoms. The van der Waals surface area contributed by atoms with Crippen molar-refractivity contribution in [3.05, 3.63) is 24.3 Å². The fraction of sp³-hybridized carbons (Fsp3) is 0.632. The van der Waals surface area contributed by atoms with E-state index in [0.717, 1.165) is 32.1 Å². The average molecular weight is 383 g/mol. The first kappa shape index (κ1) is 20.7. The first-order valence-electron chi connectivity index (χ1n) is 9.38. The second-order valence-electron chi connectivity index (χ2n) is 6.97. The number of nitrogens with one attached hydrogen (secondary N) is 1. The van der Waals surface area contributed by atoms with E-state index < -0.39 is 10.0 Å². The van der Waals surface area contributed by atoms with Crippen molar-refractivity contribution in [3.8, 4) is 5.75 Å². The Balaban J connectivity index is 2.27. The van der Waals surface area contributed by atoms with Gasteiger partial charge in [0.1, 0.15) is 5.75 Å². The van der Waals surface area contributed by atoms with Crippen LogP contribution in [0.1, 0.15) is 52.9 Å². The van der Waals surface area contributed by atoms with Crippen LogP contribution in [-0.4, -0.2) is 43.9 Å². The Hall–Kier alpha value is -1.60. The second-order valence-corrected chi connectivity index (χ2v) is 8.86. The first-order chi connectivity index (χ1) is 12.3. The van der Waals surface area contributed by atoms with Crippen molar-refractivity contribution in [1.29, 1.82) is 0 Å². The normalized spacial score (nSPS) is 16.0. The van der Waals surface area contributed by atoms with Gasteiger partial charge in [-0.15, -0.1) is 0 Å². The van der Waals surface area contributed by atoms with Crippen LogP contribution in [-0.2, 0) is 14.8 Å². The molecule has 1 aliphatic rings. The zero-order chi connectivity index (χ0) is 19.2. The van der Waals surface area contributed by atoms with Crippen molar-refractivity contribution < 1.29 is 17.9 Å². The van der Waals surface area contributed by atoms with E-state index in [-0.39, 0.29) is 29.4 Å². The third kappa shape index (κ3) is 5.45. The zero-order valence-electron chi connectivity index (χ0n) is 15.9. The van der Waals surface area contributed by atoms with Gasteiger partial charge in [-0.2, -0.15) is 4.31 Å². The van der Waals surface area contributed by atoms with Crippen LogP contribution in [0.4, 0.5) is 0 Å². The Bertz CT molecular complexity index is 680. The highest BCUT2D eigenvalue weighted by molar-refractivity contribution is 7.89. The van der Waals surface area contributed by atoms with E-state index >= 15 is 0 Å². The number of carbonyl (C=O) groups excluding carboxylic acids is 1. The molecule has 1 aromatic rings. The third-order valence-corrected chi connectivity index (χ3v) is 6.38. The molecule has 0 heterocycles. The fourth-order valence-electron chi connectivity index (χ4n) is 3.30. The maximum atomic E-state index is 13.2. The number of carbonyl (C=O) groups is 1. The van der Waals surface area contributed by atoms with Crippen LogP contribution in [0.15, 0.2) is 29.2 Å². The monoisotopic (exact) mass is 382 g/mol. The molecule has 2 rings (SSSR count). The Morgan fingerprint density at radius 1 is 1.19 bits per heavy atom. The van der Waals surface area contributed by atoms with Gasteiger partial charge in [0.2, 0.25) is 15.9 Å². The van der Waals surface area contributed by atoms with Gasteiger partial charge < -0.3 is 10.1 Å². The number of hydrogen-bond acceptors (Lipinski definition) is 4. The van der Waals surface area contributed by atoms with E-state index in [1.54, 1.807) is 24.3 Å². The molecule has 7 heteroatoms. The summed E-state index contributed by atoms with van der Waals surface area (Å²) in [7, 11) is -3.75. The fourth-order valence-corrected chi connectivity index (χ4v) is 4.94. The number of sulfonamides is 1. The van der Waals surface area contributed by atoms with Crippen LogP contribution < -0.4 is 10.1 Å². The van der Waals surface area contributed by atoms with Crippen LogP contribution in [0.25, 0.3) is 0 Å². The number of nitrogens with zero attached hydrogens (tertiary/aromatic N) is 1. The molecule has 6 nitrogen and oxygen atoms in total. The van der Waals surface area contributed by atoms with E-state index in [0.29, 0.717) is 12.4 Å². The molecule has 0 unspecified atom stereocenters. The lowest BCUT2D eigenvalue weighted by molar-refractivity contribution is -0.122. The summed E-state index contributed by atoms with van der Waals surface area (Å²) in [4.78, 5) is 12.5. The van der Waals surface area contributed by atoms with Crippen molar-refractivity contribution in [2.24, 2.45) is 0 Å². The van der Waals surface area contributed by atoms with Crippen molar-refractivity contribution in [2.45, 2.75) is 69.9 Å². The minimum Gasteiger partial charge on any atom is -0.494 e. The summed E-state index contributed by atoms with van der Waals surface area (Å²) in [6.45, 7) is 5.99. The highest BCUT2D eigenvalue weighted by atomic mass is 32.2. The number of amides is 1. The number of hydrogen-bond donors (Lipinski definition) is 1. The quantitative estimate of drug-likeness (QED) is 0.750. The van der Waals surface area contributed by atoms with Gasteiger partial charge in [0, 0.05) is 12.1 Å². The van der Waals surface area contributed by atoms with E-state index in [2.05, 4.69) is 5.32 Å². The SMILES string of the molecule is CCOc1ccc(S(=O)(=O)N(CC(=O)NC(C)C)C2CCCCC2)cc1. The molecule has 1 aromatic carbocycles. The second kappa shape index (κ2) is 9.37. The van der Waals surface area contributed by atoms with Gasteiger partial charge >= 0.3 is 0 Å². The molecule has 1 N–H and O–H groups in total. The minimum absolute atomic E-state index is 0.0242. The van der Waals surface area contributed by atoms with Gasteiger partial charge in [-0.3, -0.25) is 4.79 Å². The summed E-state index contributed by atoms with van der Waals surface area (Å²) >= 11 is 0. The van der Waals surface area contributed by atoms with Crippen molar-refractivity contribution in [2.75, 3.05) is 13.2 Å². The lowest BCUT2D eigenvalue weighted by Crippen LogP contribution is -2.48. The summed E-state index contributed by atoms with van der Waals surface area (Å²) < 4.78 is 33.2. The molecule has 1 amide bonds. The number of benzene rings is 1. The maximum Gasteiger partial charge on any atom is 0.243 e. The van der Waals surface area contributed by atoms with Crippen LogP contribution >= 0.6 is 0 Å². The zero-order valence-corrected chi connectivity index (χ0v) is 16.7. The molecule has 0 saturated heterocycles. The van der Waals surface area contributed by atoms with Gasteiger partial charge in [-0.05, 0) is 57.9 Å². The summed E-state index contributed by atoms with van der Waals surface area (Å²) in [5, 5.41) is 2.80. The topological polar surface area (TPSA) is 75.7 Å². The average Bonchev–Trinajstić information content (AvgIpc) is 2.60. The maximum absolute atomic E-state index is 13.2. The Morgan fingerprint density at radius 2 is 1.81 bits per heavy atom. The lowest BCUT2D eigenvalue weighted by atomic mass is 9.95. The van der Waals surface area contributed by atoms with Crippen molar-refractivity contribution >= 4 is 15.9 Å². The van der Waals surface area contributed by atoms with Gasteiger partial charge in [-0.1, -0.05) is 19.3 Å². The van der Waals surface area contributed by atoms with E-state index in [9.17, 15) is 13.2 Å². The van der Waals surface area contributed by atoms with Crippen LogP contribution in [0, 0.1) is 0 Å². The molecule has 0 bridgehead atoms. The predicted octanol–water partition coefficient (Wildman–Crippen LogP) is 2.93. The van der Waals surface area contributed by atoms with Crippen LogP contribution in [0.3, 0.4) is 0 Å². The lowest BCUT2D eigenvalue weighted by Gasteiger charge is -2.33. The smallest absolute Gasteiger partial charge is 0.243 e. The molecule has 1 saturated carbocycles. The van der Waals surface area contributed by atoms with E-state index in [1.807, 2.05) is 20.8 Å². The van der Waals surface area contributed by atoms with Gasteiger partial charge in [0.25, 0.3) is 0 Å². The van der Waals surface area contributed by atoms with Gasteiger partial charge in [0.05, 0.1) is 18.0 Å². The summed E-state index contributed by atoms with van der Waals surface area (Å²) in [6, 6.07) is 6.27. The largest absolute Gasteiger partial charge is 0.494 e. The molecule has 0 radical (unpaired) electrons. The van der Waals surface area contributed by atoms with Crippen molar-refractivity contribution in [1.82, 2.24) is 9.62 Å². The number of rotatable bonds is 8. The first-order valence-corrected chi connectivity index (χ1v) is 10.8. The van der Waals surface area contributed by atoms with Crippen molar-refractivity contribution in [3.63, 3.8) is 0 Å². The molecule has 146 valence electrons. The van der Waals surface area contributed by atoms with Gasteiger partial charge in [0.15, 0.2) is 0 Å². The Labute approximate surface area is 157 Å². The molecule has 1 fully saturated rings. The predicted molar refractivity (Wildman–Crippen MR) is 102 cm³/mol. The number of ether oxygens (including phenoxy) is 1. The molecule has 26 heavy (non-hydrogen) atoms. The summed E-state index contributed by atoms with van der Waals surface area (Å²) in [5.74, 6) is 0.369. The molecule has 0 atom stereocenters. The minimum atomic E-state index is -3.75. The molecule has 0 aromatic heterocycles. The van der Waals surface area contributed by atoms with Crippen LogP contribution in [0.2, 0.25) is 0 Å². The molecular weight excluding hydrogens is 352 g/mol. The van der Waals surface area contributed by atoms with E-state index in [4.69, 9.17) is 4.74 Å². The molecular formula is C19H30N2O4S. The molecule has 1 aliphatic carbocycles. The summed E-state index contributed by atoms with van der Waals surface area (Å²) in [5.41, 5.74) is 0. The van der Waals surface area contributed by atoms with Gasteiger partial charge in [-0.25, -0.2) is 8.42 Å². The third-order valence-electron chi connectivity index (χ3n) is 4.47. The highest BCUT2D eigenvalue weighted by Crippen LogP contribution is 2.28. The Kier molecular flexibility index (Phi) is 7.46. The molecule has 0 aliphatic heterocycles. The standard InChI is InChI=1S/C19H30N2O4S/c1-4-25-17-10-12-18(13-11-17)26(23,24)21(14-19(22)20-15(2)3)16-8-6-5-7-9-16/h10-13,15-16H,4-9,14H2,1-3H3,(H,20,22). The highest BCUT2D eigenvalue weighted by Gasteiger charge is 2.34. The van der Waals surface area contributed by atoms with Crippen LogP contribution in [0.5, 0.6) is 5.75 Å². The summed E-state index contributed by atoms with van der Waals surface area (Å²) in [6.07, 6.45) is 4.69. The van der Waals surface area contributed by atoms with E-state index in [1.165, 1.54) is 4.31 Å². The Morgan fingerprint density at radius 3 is 2.35 bits per heavy atom.